The van der Waals surface area contributed by atoms with Crippen LogP contribution in [0, 0.1) is 6.92 Å². The largest absolute Gasteiger partial charge is 0.378 e. The van der Waals surface area contributed by atoms with Crippen molar-refractivity contribution < 1.29 is 4.74 Å². The summed E-state index contributed by atoms with van der Waals surface area (Å²) >= 11 is 9.55. The second kappa shape index (κ2) is 4.73. The molecule has 82 valence electrons. The Hall–Kier alpha value is -0.250. The van der Waals surface area contributed by atoms with Gasteiger partial charge in [0.2, 0.25) is 0 Å². The average Bonchev–Trinajstić information content (AvgIpc) is 2.17. The van der Waals surface area contributed by atoms with Crippen molar-refractivity contribution in [3.05, 3.63) is 27.2 Å². The van der Waals surface area contributed by atoms with E-state index in [1.165, 1.54) is 11.3 Å². The number of rotatable bonds is 1. The monoisotopic (exact) mass is 289 g/mol. The molecule has 1 aromatic carbocycles. The van der Waals surface area contributed by atoms with Crippen LogP contribution in [0.1, 0.15) is 5.56 Å². The molecule has 0 aromatic heterocycles. The number of morpholine rings is 1. The molecule has 0 N–H and O–H groups in total. The molecule has 2 nitrogen and oxygen atoms in total. The number of hydrogen-bond acceptors (Lipinski definition) is 2. The maximum Gasteiger partial charge on any atom is 0.0642 e. The number of anilines is 1. The quantitative estimate of drug-likeness (QED) is 0.787. The highest BCUT2D eigenvalue weighted by molar-refractivity contribution is 9.10. The van der Waals surface area contributed by atoms with Gasteiger partial charge >= 0.3 is 0 Å². The van der Waals surface area contributed by atoms with E-state index in [4.69, 9.17) is 16.3 Å². The number of aryl methyl sites for hydroxylation is 1. The Labute approximate surface area is 103 Å². The van der Waals surface area contributed by atoms with Crippen LogP contribution in [0.15, 0.2) is 16.6 Å². The maximum absolute atomic E-state index is 5.99. The first kappa shape index (κ1) is 11.2. The minimum absolute atomic E-state index is 0.774. The highest BCUT2D eigenvalue weighted by atomic mass is 79.9. The summed E-state index contributed by atoms with van der Waals surface area (Å²) in [5.41, 5.74) is 2.44. The zero-order valence-corrected chi connectivity index (χ0v) is 10.9. The van der Waals surface area contributed by atoms with Crippen molar-refractivity contribution in [1.29, 1.82) is 0 Å². The third-order valence-corrected chi connectivity index (χ3v) is 3.37. The Morgan fingerprint density at radius 3 is 2.60 bits per heavy atom. The average molecular weight is 291 g/mol. The van der Waals surface area contributed by atoms with E-state index in [2.05, 4.69) is 27.8 Å². The Morgan fingerprint density at radius 2 is 2.00 bits per heavy atom. The van der Waals surface area contributed by atoms with Gasteiger partial charge in [0, 0.05) is 22.6 Å². The van der Waals surface area contributed by atoms with Crippen molar-refractivity contribution >= 4 is 33.2 Å². The van der Waals surface area contributed by atoms with Crippen LogP contribution in [0.25, 0.3) is 0 Å². The fraction of sp³-hybridized carbons (Fsp3) is 0.455. The molecule has 1 heterocycles. The van der Waals surface area contributed by atoms with Gasteiger partial charge in [-0.15, -0.1) is 0 Å². The topological polar surface area (TPSA) is 12.5 Å². The minimum atomic E-state index is 0.774. The van der Waals surface area contributed by atoms with Crippen molar-refractivity contribution in [2.45, 2.75) is 6.92 Å². The van der Waals surface area contributed by atoms with Crippen LogP contribution >= 0.6 is 27.5 Å². The third-order valence-electron chi connectivity index (χ3n) is 2.55. The van der Waals surface area contributed by atoms with E-state index in [0.717, 1.165) is 35.8 Å². The molecule has 4 heteroatoms. The number of hydrogen-bond donors (Lipinski definition) is 0. The van der Waals surface area contributed by atoms with Gasteiger partial charge in [-0.3, -0.25) is 0 Å². The van der Waals surface area contributed by atoms with E-state index in [0.29, 0.717) is 0 Å². The van der Waals surface area contributed by atoms with Gasteiger partial charge in [-0.05, 0) is 40.5 Å². The molecular formula is C11H13BrClNO. The number of benzene rings is 1. The Balaban J connectivity index is 2.33. The minimum Gasteiger partial charge on any atom is -0.378 e. The second-order valence-corrected chi connectivity index (χ2v) is 4.94. The molecule has 1 fully saturated rings. The van der Waals surface area contributed by atoms with Crippen LogP contribution in [0.4, 0.5) is 5.69 Å². The van der Waals surface area contributed by atoms with Crippen LogP contribution in [0.5, 0.6) is 0 Å². The first-order valence-corrected chi connectivity index (χ1v) is 6.14. The van der Waals surface area contributed by atoms with Crippen LogP contribution in [0.3, 0.4) is 0 Å². The van der Waals surface area contributed by atoms with E-state index in [1.54, 1.807) is 0 Å². The van der Waals surface area contributed by atoms with Crippen molar-refractivity contribution in [2.75, 3.05) is 31.2 Å². The molecule has 15 heavy (non-hydrogen) atoms. The lowest BCUT2D eigenvalue weighted by Gasteiger charge is -2.31. The first-order valence-electron chi connectivity index (χ1n) is 4.97. The molecule has 0 saturated carbocycles. The lowest BCUT2D eigenvalue weighted by atomic mass is 10.1. The summed E-state index contributed by atoms with van der Waals surface area (Å²) in [6.45, 7) is 5.58. The van der Waals surface area contributed by atoms with Crippen molar-refractivity contribution in [1.82, 2.24) is 0 Å². The smallest absolute Gasteiger partial charge is 0.0642 e. The molecule has 0 bridgehead atoms. The number of ether oxygens (including phenoxy) is 1. The van der Waals surface area contributed by atoms with E-state index in [9.17, 15) is 0 Å². The summed E-state index contributed by atoms with van der Waals surface area (Å²) in [6, 6.07) is 3.94. The molecule has 0 atom stereocenters. The van der Waals surface area contributed by atoms with Crippen LogP contribution < -0.4 is 4.90 Å². The molecule has 0 amide bonds. The first-order chi connectivity index (χ1) is 7.18. The molecule has 0 spiro atoms. The molecule has 0 radical (unpaired) electrons. The Morgan fingerprint density at radius 1 is 1.33 bits per heavy atom. The summed E-state index contributed by atoms with van der Waals surface area (Å²) in [7, 11) is 0. The number of nitrogens with zero attached hydrogens (tertiary/aromatic N) is 1. The molecule has 1 saturated heterocycles. The van der Waals surface area contributed by atoms with Gasteiger partial charge in [0.1, 0.15) is 0 Å². The zero-order chi connectivity index (χ0) is 10.8. The SMILES string of the molecule is Cc1cc(Cl)cc(Br)c1N1CCOCC1. The standard InChI is InChI=1S/C11H13BrClNO/c1-8-6-9(13)7-10(12)11(8)14-2-4-15-5-3-14/h6-7H,2-5H2,1H3. The second-order valence-electron chi connectivity index (χ2n) is 3.65. The summed E-state index contributed by atoms with van der Waals surface area (Å²) in [5, 5.41) is 0.774. The van der Waals surface area contributed by atoms with Gasteiger partial charge in [0.15, 0.2) is 0 Å². The third kappa shape index (κ3) is 2.47. The van der Waals surface area contributed by atoms with Gasteiger partial charge in [-0.2, -0.15) is 0 Å². The number of halogens is 2. The molecular weight excluding hydrogens is 277 g/mol. The Kier molecular flexibility index (Phi) is 3.54. The van der Waals surface area contributed by atoms with Crippen LogP contribution in [-0.4, -0.2) is 26.3 Å². The van der Waals surface area contributed by atoms with E-state index >= 15 is 0 Å². The van der Waals surface area contributed by atoms with E-state index in [1.807, 2.05) is 12.1 Å². The fourth-order valence-electron chi connectivity index (χ4n) is 1.88. The predicted octanol–water partition coefficient (Wildman–Crippen LogP) is 3.25. The predicted molar refractivity (Wildman–Crippen MR) is 66.9 cm³/mol. The Bertz CT molecular complexity index is 341. The van der Waals surface area contributed by atoms with Gasteiger partial charge in [0.25, 0.3) is 0 Å². The summed E-state index contributed by atoms with van der Waals surface area (Å²) in [4.78, 5) is 2.33. The van der Waals surface area contributed by atoms with Gasteiger partial charge in [-0.25, -0.2) is 0 Å². The molecule has 0 aliphatic carbocycles. The fourth-order valence-corrected chi connectivity index (χ4v) is 3.10. The molecule has 0 unspecified atom stereocenters. The highest BCUT2D eigenvalue weighted by Crippen LogP contribution is 2.33. The van der Waals surface area contributed by atoms with Crippen molar-refractivity contribution in [3.8, 4) is 0 Å². The molecule has 1 aliphatic rings. The van der Waals surface area contributed by atoms with E-state index < -0.39 is 0 Å². The van der Waals surface area contributed by atoms with Crippen molar-refractivity contribution in [2.24, 2.45) is 0 Å². The van der Waals surface area contributed by atoms with Gasteiger partial charge in [-0.1, -0.05) is 11.6 Å². The molecule has 1 aromatic rings. The zero-order valence-electron chi connectivity index (χ0n) is 8.59. The summed E-state index contributed by atoms with van der Waals surface area (Å²) in [6.07, 6.45) is 0. The van der Waals surface area contributed by atoms with Gasteiger partial charge < -0.3 is 9.64 Å². The maximum atomic E-state index is 5.99. The lowest BCUT2D eigenvalue weighted by Crippen LogP contribution is -2.36. The molecule has 1 aliphatic heterocycles. The summed E-state index contributed by atoms with van der Waals surface area (Å²) in [5.74, 6) is 0. The molecule has 2 rings (SSSR count). The normalized spacial score (nSPS) is 16.9. The van der Waals surface area contributed by atoms with Crippen LogP contribution in [0.2, 0.25) is 5.02 Å². The van der Waals surface area contributed by atoms with Crippen LogP contribution in [-0.2, 0) is 4.74 Å². The highest BCUT2D eigenvalue weighted by Gasteiger charge is 2.16. The lowest BCUT2D eigenvalue weighted by molar-refractivity contribution is 0.122. The van der Waals surface area contributed by atoms with E-state index in [-0.39, 0.29) is 0 Å². The van der Waals surface area contributed by atoms with Gasteiger partial charge in [0.05, 0.1) is 18.9 Å². The van der Waals surface area contributed by atoms with Crippen molar-refractivity contribution in [3.63, 3.8) is 0 Å². The summed E-state index contributed by atoms with van der Waals surface area (Å²) < 4.78 is 6.41.